The molecule has 0 saturated carbocycles. The molecule has 12 aromatic carbocycles. The summed E-state index contributed by atoms with van der Waals surface area (Å²) in [6.07, 6.45) is 1.98. The summed E-state index contributed by atoms with van der Waals surface area (Å²) in [5.41, 5.74) is 19.7. The molecule has 4 nitrogen and oxygen atoms in total. The summed E-state index contributed by atoms with van der Waals surface area (Å²) >= 11 is 0. The molecule has 3 aromatic heterocycles. The summed E-state index contributed by atoms with van der Waals surface area (Å²) < 4.78 is 4.81. The summed E-state index contributed by atoms with van der Waals surface area (Å²) in [5.74, 6) is 0. The van der Waals surface area contributed by atoms with Crippen molar-refractivity contribution in [3.63, 3.8) is 0 Å². The molecule has 0 atom stereocenters. The summed E-state index contributed by atoms with van der Waals surface area (Å²) in [6, 6.07) is 94.5. The third kappa shape index (κ3) is 6.77. The Labute approximate surface area is 427 Å². The molecular formula is C70H44N4. The van der Waals surface area contributed by atoms with Crippen molar-refractivity contribution in [3.05, 3.63) is 267 Å². The van der Waals surface area contributed by atoms with Crippen molar-refractivity contribution in [2.75, 3.05) is 0 Å². The number of hydrogen-bond donors (Lipinski definition) is 0. The molecule has 0 N–H and O–H groups in total. The van der Waals surface area contributed by atoms with Crippen LogP contribution in [0.15, 0.2) is 267 Å². The molecule has 4 heteroatoms. The first-order valence-corrected chi connectivity index (χ1v) is 25.3. The zero-order valence-corrected chi connectivity index (χ0v) is 40.2. The lowest BCUT2D eigenvalue weighted by Gasteiger charge is -2.16. The molecule has 74 heavy (non-hydrogen) atoms. The number of fused-ring (bicyclic) bond motifs is 12. The van der Waals surface area contributed by atoms with Gasteiger partial charge in [0.25, 0.3) is 0 Å². The number of nitrogens with zero attached hydrogens (tertiary/aromatic N) is 4. The Morgan fingerprint density at radius 1 is 0.230 bits per heavy atom. The van der Waals surface area contributed by atoms with Crippen molar-refractivity contribution in [2.45, 2.75) is 0 Å². The van der Waals surface area contributed by atoms with Gasteiger partial charge in [0.15, 0.2) is 0 Å². The van der Waals surface area contributed by atoms with E-state index in [1.165, 1.54) is 43.8 Å². The van der Waals surface area contributed by atoms with Crippen LogP contribution in [0.5, 0.6) is 0 Å². The maximum atomic E-state index is 5.70. The maximum absolute atomic E-state index is 5.70. The molecule has 0 saturated heterocycles. The summed E-state index contributed by atoms with van der Waals surface area (Å²) in [5, 5.41) is 9.27. The molecule has 0 bridgehead atoms. The lowest BCUT2D eigenvalue weighted by atomic mass is 9.92. The molecule has 15 aromatic rings. The number of benzene rings is 12. The van der Waals surface area contributed by atoms with Crippen molar-refractivity contribution >= 4 is 76.2 Å². The van der Waals surface area contributed by atoms with Crippen molar-refractivity contribution in [1.29, 1.82) is 0 Å². The van der Waals surface area contributed by atoms with E-state index in [2.05, 4.69) is 270 Å². The van der Waals surface area contributed by atoms with Crippen LogP contribution < -0.4 is 0 Å². The molecule has 15 rings (SSSR count). The lowest BCUT2D eigenvalue weighted by Crippen LogP contribution is -2.01. The number of hydrogen-bond acceptors (Lipinski definition) is 2. The van der Waals surface area contributed by atoms with E-state index in [9.17, 15) is 0 Å². The van der Waals surface area contributed by atoms with E-state index in [0.29, 0.717) is 0 Å². The highest BCUT2D eigenvalue weighted by Gasteiger charge is 2.20. The highest BCUT2D eigenvalue weighted by atomic mass is 15.0. The molecule has 0 radical (unpaired) electrons. The van der Waals surface area contributed by atoms with Gasteiger partial charge in [-0.1, -0.05) is 206 Å². The fourth-order valence-corrected chi connectivity index (χ4v) is 11.6. The van der Waals surface area contributed by atoms with E-state index in [0.717, 1.165) is 99.5 Å². The van der Waals surface area contributed by atoms with Gasteiger partial charge in [-0.25, -0.2) is 4.98 Å². The average molecular weight is 941 g/mol. The highest BCUT2D eigenvalue weighted by molar-refractivity contribution is 6.24. The average Bonchev–Trinajstić information content (AvgIpc) is 4.00. The lowest BCUT2D eigenvalue weighted by molar-refractivity contribution is 1.13. The molecular weight excluding hydrogens is 897 g/mol. The number of rotatable bonds is 7. The predicted molar refractivity (Wildman–Crippen MR) is 310 cm³/mol. The zero-order chi connectivity index (χ0) is 48.7. The summed E-state index contributed by atoms with van der Waals surface area (Å²) in [7, 11) is 0. The number of aromatic nitrogens is 4. The Kier molecular flexibility index (Phi) is 9.54. The molecule has 0 aliphatic heterocycles. The monoisotopic (exact) mass is 940 g/mol. The smallest absolute Gasteiger partial charge is 0.0979 e. The van der Waals surface area contributed by atoms with Gasteiger partial charge in [0.05, 0.1) is 45.0 Å². The SMILES string of the molecule is c1ccc(-c2ccc(-c3ccc4c(c3)c3cc(-c5ccc(-c6ccccc6)cc5)ccc3c3nc(-c5cc(-n6c7ccccc7c7ccccc76)cc(-n6c7ccccc7c7ccccc76)c5)cnc43)cc2)cc1. The molecule has 344 valence electrons. The Balaban J connectivity index is 0.954. The fraction of sp³-hybridized carbons (Fsp3) is 0. The largest absolute Gasteiger partial charge is 0.309 e. The second kappa shape index (κ2) is 16.9. The van der Waals surface area contributed by atoms with Gasteiger partial charge in [-0.2, -0.15) is 0 Å². The van der Waals surface area contributed by atoms with Crippen LogP contribution in [0.4, 0.5) is 0 Å². The third-order valence-corrected chi connectivity index (χ3v) is 15.1. The number of para-hydroxylation sites is 4. The minimum atomic E-state index is 0.804. The first kappa shape index (κ1) is 41.8. The molecule has 3 heterocycles. The standard InChI is InChI=1S/C70H44N4/c1-3-15-45(16-4-1)47-27-31-49(32-28-47)51-35-37-60-62(41-51)63-42-52(50-33-29-48(30-34-50)46-17-5-2-6-18-46)36-38-61(63)70-69(60)71-44-64(72-70)53-39-54(73-65-23-11-7-19-56(65)57-20-8-12-24-66(57)73)43-55(40-53)74-67-25-13-9-21-58(67)59-22-10-14-26-68(59)74/h1-44H. The van der Waals surface area contributed by atoms with Gasteiger partial charge in [-0.05, 0) is 110 Å². The van der Waals surface area contributed by atoms with Crippen LogP contribution in [0.3, 0.4) is 0 Å². The Hall–Kier alpha value is -9.90. The van der Waals surface area contributed by atoms with Crippen LogP contribution in [0, 0.1) is 0 Å². The molecule has 0 aliphatic rings. The predicted octanol–water partition coefficient (Wildman–Crippen LogP) is 18.5. The highest BCUT2D eigenvalue weighted by Crippen LogP contribution is 2.42. The quantitative estimate of drug-likeness (QED) is 0.149. The molecule has 0 unspecified atom stereocenters. The third-order valence-electron chi connectivity index (χ3n) is 15.1. The Morgan fingerprint density at radius 3 is 0.986 bits per heavy atom. The van der Waals surface area contributed by atoms with Gasteiger partial charge in [-0.3, -0.25) is 4.98 Å². The van der Waals surface area contributed by atoms with Gasteiger partial charge in [-0.15, -0.1) is 0 Å². The van der Waals surface area contributed by atoms with Gasteiger partial charge >= 0.3 is 0 Å². The molecule has 0 aliphatic carbocycles. The van der Waals surface area contributed by atoms with Gasteiger partial charge in [0, 0.05) is 49.3 Å². The second-order valence-electron chi connectivity index (χ2n) is 19.3. The van der Waals surface area contributed by atoms with Crippen LogP contribution in [0.2, 0.25) is 0 Å². The van der Waals surface area contributed by atoms with Crippen molar-refractivity contribution < 1.29 is 0 Å². The summed E-state index contributed by atoms with van der Waals surface area (Å²) in [6.45, 7) is 0. The van der Waals surface area contributed by atoms with E-state index < -0.39 is 0 Å². The van der Waals surface area contributed by atoms with Crippen LogP contribution >= 0.6 is 0 Å². The summed E-state index contributed by atoms with van der Waals surface area (Å²) in [4.78, 5) is 11.1. The first-order valence-electron chi connectivity index (χ1n) is 25.3. The fourth-order valence-electron chi connectivity index (χ4n) is 11.6. The van der Waals surface area contributed by atoms with Crippen molar-refractivity contribution in [2.24, 2.45) is 0 Å². The first-order chi connectivity index (χ1) is 36.7. The second-order valence-corrected chi connectivity index (χ2v) is 19.3. The van der Waals surface area contributed by atoms with E-state index in [4.69, 9.17) is 9.97 Å². The minimum Gasteiger partial charge on any atom is -0.309 e. The Bertz CT molecular complexity index is 4440. The van der Waals surface area contributed by atoms with Gasteiger partial charge < -0.3 is 9.13 Å². The van der Waals surface area contributed by atoms with E-state index in [1.54, 1.807) is 0 Å². The zero-order valence-electron chi connectivity index (χ0n) is 40.2. The van der Waals surface area contributed by atoms with Crippen molar-refractivity contribution in [3.8, 4) is 67.1 Å². The van der Waals surface area contributed by atoms with Crippen LogP contribution in [-0.4, -0.2) is 19.1 Å². The topological polar surface area (TPSA) is 35.6 Å². The van der Waals surface area contributed by atoms with Crippen molar-refractivity contribution in [1.82, 2.24) is 19.1 Å². The van der Waals surface area contributed by atoms with Crippen LogP contribution in [0.1, 0.15) is 0 Å². The molecule has 0 amide bonds. The normalized spacial score (nSPS) is 11.8. The van der Waals surface area contributed by atoms with Gasteiger partial charge in [0.1, 0.15) is 0 Å². The van der Waals surface area contributed by atoms with E-state index in [1.807, 2.05) is 6.20 Å². The van der Waals surface area contributed by atoms with E-state index in [-0.39, 0.29) is 0 Å². The minimum absolute atomic E-state index is 0.804. The van der Waals surface area contributed by atoms with Crippen LogP contribution in [0.25, 0.3) is 143 Å². The Morgan fingerprint density at radius 2 is 0.568 bits per heavy atom. The molecule has 0 fully saturated rings. The molecule has 0 spiro atoms. The van der Waals surface area contributed by atoms with Crippen LogP contribution in [-0.2, 0) is 0 Å². The maximum Gasteiger partial charge on any atom is 0.0979 e. The van der Waals surface area contributed by atoms with Gasteiger partial charge in [0.2, 0.25) is 0 Å². The van der Waals surface area contributed by atoms with E-state index >= 15 is 0 Å².